The highest BCUT2D eigenvalue weighted by Crippen LogP contribution is 2.31. The molecule has 0 radical (unpaired) electrons. The zero-order valence-electron chi connectivity index (χ0n) is 18.3. The van der Waals surface area contributed by atoms with Crippen molar-refractivity contribution >= 4 is 0 Å². The Morgan fingerprint density at radius 1 is 0.556 bits per heavy atom. The highest BCUT2D eigenvalue weighted by Gasteiger charge is 2.31. The van der Waals surface area contributed by atoms with Gasteiger partial charge < -0.3 is 0 Å². The molecule has 0 amide bonds. The molecule has 3 aromatic carbocycles. The fraction of sp³-hybridized carbons (Fsp3) is 0.143. The molecule has 0 unspecified atom stereocenters. The van der Waals surface area contributed by atoms with Crippen LogP contribution in [0.25, 0.3) is 0 Å². The molecule has 0 spiro atoms. The van der Waals surface area contributed by atoms with Crippen molar-refractivity contribution in [2.24, 2.45) is 0 Å². The van der Waals surface area contributed by atoms with Crippen molar-refractivity contribution in [1.82, 2.24) is 0 Å². The van der Waals surface area contributed by atoms with Gasteiger partial charge in [0.05, 0.1) is 36.1 Å². The molecule has 0 heterocycles. The smallest absolute Gasteiger partial charge is 0.198 e. The van der Waals surface area contributed by atoms with Gasteiger partial charge >= 0.3 is 12.4 Å². The van der Waals surface area contributed by atoms with E-state index in [0.29, 0.717) is 11.1 Å². The van der Waals surface area contributed by atoms with Crippen LogP contribution in [-0.2, 0) is 25.2 Å². The molecule has 0 aliphatic rings. The third-order valence-electron chi connectivity index (χ3n) is 4.95. The summed E-state index contributed by atoms with van der Waals surface area (Å²) < 4.78 is 77.8. The topological polar surface area (TPSA) is 47.6 Å². The molecule has 8 heteroatoms. The van der Waals surface area contributed by atoms with Crippen molar-refractivity contribution in [3.63, 3.8) is 0 Å². The van der Waals surface area contributed by atoms with Crippen molar-refractivity contribution in [2.75, 3.05) is 0 Å². The summed E-state index contributed by atoms with van der Waals surface area (Å²) in [5.74, 6) is 11.2. The van der Waals surface area contributed by atoms with Crippen LogP contribution < -0.4 is 0 Å². The molecule has 178 valence electrons. The number of halogens is 6. The summed E-state index contributed by atoms with van der Waals surface area (Å²) in [5.41, 5.74) is 0.137. The molecular weight excluding hydrogens is 478 g/mol. The molecule has 2 nitrogen and oxygen atoms in total. The second kappa shape index (κ2) is 10.7. The van der Waals surface area contributed by atoms with E-state index in [2.05, 4.69) is 23.7 Å². The van der Waals surface area contributed by atoms with E-state index < -0.39 is 23.5 Å². The summed E-state index contributed by atoms with van der Waals surface area (Å²) in [6.07, 6.45) is -9.55. The van der Waals surface area contributed by atoms with Crippen LogP contribution in [0.3, 0.4) is 0 Å². The lowest BCUT2D eigenvalue weighted by atomic mass is 10.0. The molecule has 0 atom stereocenters. The third-order valence-corrected chi connectivity index (χ3v) is 4.95. The summed E-state index contributed by atoms with van der Waals surface area (Å²) in [6, 6.07) is 16.3. The summed E-state index contributed by atoms with van der Waals surface area (Å²) in [5, 5.41) is 17.9. The molecular formula is C28H14F6N2. The van der Waals surface area contributed by atoms with Gasteiger partial charge in [-0.05, 0) is 65.7 Å². The van der Waals surface area contributed by atoms with Crippen molar-refractivity contribution in [1.29, 1.82) is 10.5 Å². The first-order valence-electron chi connectivity index (χ1n) is 10.3. The first kappa shape index (κ1) is 26.0. The molecule has 0 aliphatic carbocycles. The zero-order valence-corrected chi connectivity index (χ0v) is 18.3. The van der Waals surface area contributed by atoms with Crippen molar-refractivity contribution in [3.05, 3.63) is 105 Å². The van der Waals surface area contributed by atoms with Gasteiger partial charge in [-0.3, -0.25) is 0 Å². The summed E-state index contributed by atoms with van der Waals surface area (Å²) in [7, 11) is 0. The minimum Gasteiger partial charge on any atom is -0.198 e. The predicted molar refractivity (Wildman–Crippen MR) is 120 cm³/mol. The van der Waals surface area contributed by atoms with Crippen LogP contribution in [0, 0.1) is 46.3 Å². The van der Waals surface area contributed by atoms with Crippen LogP contribution in [0.15, 0.2) is 60.7 Å². The molecule has 0 saturated heterocycles. The van der Waals surface area contributed by atoms with Crippen LogP contribution in [0.4, 0.5) is 26.3 Å². The lowest BCUT2D eigenvalue weighted by Gasteiger charge is -2.09. The summed E-state index contributed by atoms with van der Waals surface area (Å²) in [6.45, 7) is 0. The Labute approximate surface area is 203 Å². The van der Waals surface area contributed by atoms with Crippen LogP contribution in [0.1, 0.15) is 44.5 Å². The number of hydrogen-bond acceptors (Lipinski definition) is 2. The Kier molecular flexibility index (Phi) is 7.73. The highest BCUT2D eigenvalue weighted by molar-refractivity contribution is 5.53. The maximum atomic E-state index is 13.0. The lowest BCUT2D eigenvalue weighted by Crippen LogP contribution is -2.06. The molecule has 0 bridgehead atoms. The number of nitrogens with zero attached hydrogens (tertiary/aromatic N) is 2. The van der Waals surface area contributed by atoms with Crippen molar-refractivity contribution in [2.45, 2.75) is 25.2 Å². The monoisotopic (exact) mass is 492 g/mol. The zero-order chi connectivity index (χ0) is 26.3. The first-order valence-corrected chi connectivity index (χ1v) is 10.3. The van der Waals surface area contributed by atoms with Gasteiger partial charge in [-0.1, -0.05) is 29.7 Å². The van der Waals surface area contributed by atoms with Gasteiger partial charge in [0.25, 0.3) is 0 Å². The Bertz CT molecular complexity index is 1380. The van der Waals surface area contributed by atoms with E-state index in [1.54, 1.807) is 24.3 Å². The number of benzene rings is 3. The van der Waals surface area contributed by atoms with Gasteiger partial charge in [0.15, 0.2) is 0 Å². The van der Waals surface area contributed by atoms with Gasteiger partial charge in [-0.2, -0.15) is 36.9 Å². The number of hydrogen-bond donors (Lipinski definition) is 0. The van der Waals surface area contributed by atoms with E-state index in [4.69, 9.17) is 10.5 Å². The normalized spacial score (nSPS) is 10.8. The second-order valence-electron chi connectivity index (χ2n) is 7.49. The van der Waals surface area contributed by atoms with E-state index in [-0.39, 0.29) is 35.1 Å². The Morgan fingerprint density at radius 2 is 0.972 bits per heavy atom. The number of rotatable bonds is 2. The Balaban J connectivity index is 1.92. The highest BCUT2D eigenvalue weighted by atomic mass is 19.4. The van der Waals surface area contributed by atoms with Crippen LogP contribution >= 0.6 is 0 Å². The number of nitriles is 2. The summed E-state index contributed by atoms with van der Waals surface area (Å²) in [4.78, 5) is 0. The molecule has 36 heavy (non-hydrogen) atoms. The standard InChI is InChI=1S/C28H14F6N2/c29-27(30,31)25-10-8-21(23(17-25)12-14-35)6-4-19-2-1-3-20(16-19)5-7-22-9-11-26(28(32,33)34)18-24(22)13-15-36/h1-3,8-11,16-18H,12-13H2. The van der Waals surface area contributed by atoms with E-state index in [1.807, 2.05) is 12.1 Å². The van der Waals surface area contributed by atoms with Gasteiger partial charge in [0, 0.05) is 22.3 Å². The van der Waals surface area contributed by atoms with Gasteiger partial charge in [0.1, 0.15) is 0 Å². The van der Waals surface area contributed by atoms with E-state index in [9.17, 15) is 26.3 Å². The van der Waals surface area contributed by atoms with Crippen molar-refractivity contribution < 1.29 is 26.3 Å². The molecule has 3 aromatic rings. The fourth-order valence-corrected chi connectivity index (χ4v) is 3.20. The van der Waals surface area contributed by atoms with Crippen LogP contribution in [0.2, 0.25) is 0 Å². The van der Waals surface area contributed by atoms with E-state index in [0.717, 1.165) is 24.3 Å². The minimum absolute atomic E-state index is 0.156. The van der Waals surface area contributed by atoms with Gasteiger partial charge in [-0.25, -0.2) is 0 Å². The number of alkyl halides is 6. The third kappa shape index (κ3) is 6.69. The molecule has 0 fully saturated rings. The largest absolute Gasteiger partial charge is 0.416 e. The first-order chi connectivity index (χ1) is 17.0. The molecule has 0 aliphatic heterocycles. The second-order valence-corrected chi connectivity index (χ2v) is 7.49. The summed E-state index contributed by atoms with van der Waals surface area (Å²) >= 11 is 0. The SMILES string of the molecule is N#CCc1cc(C(F)(F)F)ccc1C#Cc1cccc(C#Cc2ccc(C(F)(F)F)cc2CC#N)c1. The maximum Gasteiger partial charge on any atom is 0.416 e. The van der Waals surface area contributed by atoms with Crippen LogP contribution in [-0.4, -0.2) is 0 Å². The molecule has 3 rings (SSSR count). The fourth-order valence-electron chi connectivity index (χ4n) is 3.20. The average Bonchev–Trinajstić information content (AvgIpc) is 2.82. The van der Waals surface area contributed by atoms with Gasteiger partial charge in [-0.15, -0.1) is 0 Å². The molecule has 0 saturated carbocycles. The predicted octanol–water partition coefficient (Wildman–Crippen LogP) is 6.66. The average molecular weight is 492 g/mol. The molecule has 0 N–H and O–H groups in total. The minimum atomic E-state index is -4.54. The maximum absolute atomic E-state index is 13.0. The van der Waals surface area contributed by atoms with E-state index in [1.165, 1.54) is 12.1 Å². The quantitative estimate of drug-likeness (QED) is 0.297. The van der Waals surface area contributed by atoms with Crippen molar-refractivity contribution in [3.8, 4) is 35.8 Å². The molecule has 0 aromatic heterocycles. The lowest BCUT2D eigenvalue weighted by molar-refractivity contribution is -0.138. The Morgan fingerprint density at radius 3 is 1.33 bits per heavy atom. The van der Waals surface area contributed by atoms with Crippen LogP contribution in [0.5, 0.6) is 0 Å². The Hall–Kier alpha value is -4.66. The van der Waals surface area contributed by atoms with Gasteiger partial charge in [0.2, 0.25) is 0 Å². The van der Waals surface area contributed by atoms with E-state index >= 15 is 0 Å².